The molecule has 3 aromatic carbocycles. The van der Waals surface area contributed by atoms with E-state index in [0.29, 0.717) is 12.0 Å². The number of aldehydes is 1. The molecule has 7 nitrogen and oxygen atoms in total. The second-order valence-electron chi connectivity index (χ2n) is 11.5. The van der Waals surface area contributed by atoms with E-state index in [-0.39, 0.29) is 24.2 Å². The van der Waals surface area contributed by atoms with Crippen molar-refractivity contribution in [2.45, 2.75) is 50.5 Å². The molecule has 0 saturated carbocycles. The molecule has 0 radical (unpaired) electrons. The Labute approximate surface area is 250 Å². The zero-order valence-electron chi connectivity index (χ0n) is 24.2. The van der Waals surface area contributed by atoms with Crippen LogP contribution in [0.3, 0.4) is 0 Å². The minimum Gasteiger partial charge on any atom is -0.435 e. The summed E-state index contributed by atoms with van der Waals surface area (Å²) in [7, 11) is 1.98. The third-order valence-electron chi connectivity index (χ3n) is 8.85. The molecule has 1 aromatic heterocycles. The molecule has 0 bridgehead atoms. The summed E-state index contributed by atoms with van der Waals surface area (Å²) >= 11 is 0. The number of halogens is 2. The summed E-state index contributed by atoms with van der Waals surface area (Å²) in [6.45, 7) is 0.0614. The quantitative estimate of drug-likeness (QED) is 0.266. The van der Waals surface area contributed by atoms with E-state index < -0.39 is 18.7 Å². The summed E-state index contributed by atoms with van der Waals surface area (Å²) in [5.41, 5.74) is 4.77. The van der Waals surface area contributed by atoms with E-state index in [1.165, 1.54) is 17.7 Å². The molecule has 224 valence electrons. The molecule has 1 N–H and O–H groups in total. The van der Waals surface area contributed by atoms with Crippen molar-refractivity contribution in [2.75, 3.05) is 26.7 Å². The van der Waals surface area contributed by atoms with Crippen LogP contribution in [0.5, 0.6) is 5.75 Å². The number of benzene rings is 3. The normalized spacial score (nSPS) is 19.6. The van der Waals surface area contributed by atoms with Crippen LogP contribution in [0.4, 0.5) is 8.78 Å². The third-order valence-corrected chi connectivity index (χ3v) is 8.85. The van der Waals surface area contributed by atoms with Gasteiger partial charge in [-0.05, 0) is 67.9 Å². The molecule has 3 heterocycles. The molecular formula is C34H36F2N4O3. The van der Waals surface area contributed by atoms with Crippen LogP contribution in [-0.2, 0) is 22.6 Å². The van der Waals surface area contributed by atoms with Crippen molar-refractivity contribution in [3.63, 3.8) is 0 Å². The summed E-state index contributed by atoms with van der Waals surface area (Å²) in [6.07, 6.45) is 3.16. The van der Waals surface area contributed by atoms with E-state index in [4.69, 9.17) is 0 Å². The number of alkyl halides is 2. The first-order valence-electron chi connectivity index (χ1n) is 14.8. The molecule has 43 heavy (non-hydrogen) atoms. The van der Waals surface area contributed by atoms with E-state index in [2.05, 4.69) is 43.8 Å². The summed E-state index contributed by atoms with van der Waals surface area (Å²) in [5.74, 6) is -0.108. The minimum absolute atomic E-state index is 0.0367. The molecule has 1 saturated heterocycles. The number of aromatic nitrogens is 1. The maximum Gasteiger partial charge on any atom is 0.387 e. The lowest BCUT2D eigenvalue weighted by molar-refractivity contribution is -0.140. The summed E-state index contributed by atoms with van der Waals surface area (Å²) in [5, 5.41) is 1.01. The highest BCUT2D eigenvalue weighted by Gasteiger charge is 2.41. The van der Waals surface area contributed by atoms with Gasteiger partial charge in [0, 0.05) is 35.6 Å². The van der Waals surface area contributed by atoms with Crippen LogP contribution in [0.2, 0.25) is 0 Å². The zero-order valence-corrected chi connectivity index (χ0v) is 24.2. The highest BCUT2D eigenvalue weighted by molar-refractivity contribution is 5.89. The Hall–Kier alpha value is -4.08. The van der Waals surface area contributed by atoms with Gasteiger partial charge >= 0.3 is 6.61 Å². The lowest BCUT2D eigenvalue weighted by atomic mass is 9.88. The number of aromatic amines is 1. The number of ether oxygens (including phenoxy) is 1. The number of H-pyrrole nitrogens is 1. The van der Waals surface area contributed by atoms with Gasteiger partial charge in [0.1, 0.15) is 12.0 Å². The summed E-state index contributed by atoms with van der Waals surface area (Å²) < 4.78 is 30.2. The van der Waals surface area contributed by atoms with Crippen LogP contribution in [0.1, 0.15) is 41.3 Å². The standard InChI is InChI=1S/C34H36F2N4O3/c1-38(25-15-17-39(18-16-25)20-23-7-3-2-4-8-23)21-31(42)40-26(22-41)19-29-28-9-5-6-10-30(28)37-32(29)33(40)24-11-13-27(14-12-24)43-34(35)36/h2-14,22,25-26,33-34,37H,15-21H2,1H3/t26-,33-/m1/s1. The predicted octanol–water partition coefficient (Wildman–Crippen LogP) is 5.41. The number of likely N-dealkylation sites (tertiary alicyclic amines) is 1. The number of fused-ring (bicyclic) bond motifs is 3. The predicted molar refractivity (Wildman–Crippen MR) is 161 cm³/mol. The second kappa shape index (κ2) is 12.7. The van der Waals surface area contributed by atoms with Crippen molar-refractivity contribution in [3.05, 3.63) is 101 Å². The van der Waals surface area contributed by atoms with Crippen LogP contribution in [0.15, 0.2) is 78.9 Å². The summed E-state index contributed by atoms with van der Waals surface area (Å²) in [4.78, 5) is 36.4. The van der Waals surface area contributed by atoms with E-state index in [0.717, 1.165) is 60.9 Å². The van der Waals surface area contributed by atoms with Crippen molar-refractivity contribution >= 4 is 23.1 Å². The molecule has 2 aliphatic heterocycles. The Bertz CT molecular complexity index is 1550. The van der Waals surface area contributed by atoms with Gasteiger partial charge in [0.25, 0.3) is 0 Å². The molecule has 2 atom stereocenters. The molecule has 9 heteroatoms. The van der Waals surface area contributed by atoms with Crippen molar-refractivity contribution in [2.24, 2.45) is 0 Å². The minimum atomic E-state index is -2.93. The fourth-order valence-corrected chi connectivity index (χ4v) is 6.70. The van der Waals surface area contributed by atoms with Crippen molar-refractivity contribution in [3.8, 4) is 5.75 Å². The topological polar surface area (TPSA) is 68.9 Å². The SMILES string of the molecule is CN(CC(=O)N1[C@H](c2ccc(OC(F)F)cc2)c2[nH]c3ccccc3c2C[C@@H]1C=O)C1CCN(Cc2ccccc2)CC1. The van der Waals surface area contributed by atoms with Gasteiger partial charge in [-0.1, -0.05) is 60.7 Å². The number of nitrogens with zero attached hydrogens (tertiary/aromatic N) is 3. The molecular weight excluding hydrogens is 550 g/mol. The number of nitrogens with one attached hydrogen (secondary N) is 1. The second-order valence-corrected chi connectivity index (χ2v) is 11.5. The van der Waals surface area contributed by atoms with Gasteiger partial charge in [0.05, 0.1) is 18.6 Å². The van der Waals surface area contributed by atoms with Gasteiger partial charge in [-0.15, -0.1) is 0 Å². The molecule has 1 fully saturated rings. The zero-order chi connectivity index (χ0) is 29.9. The Kier molecular flexibility index (Phi) is 8.54. The Morgan fingerprint density at radius 2 is 1.72 bits per heavy atom. The smallest absolute Gasteiger partial charge is 0.387 e. The van der Waals surface area contributed by atoms with Gasteiger partial charge < -0.3 is 19.4 Å². The fourth-order valence-electron chi connectivity index (χ4n) is 6.70. The van der Waals surface area contributed by atoms with E-state index in [9.17, 15) is 18.4 Å². The molecule has 0 unspecified atom stereocenters. The fraction of sp³-hybridized carbons (Fsp3) is 0.353. The molecule has 1 amide bonds. The number of para-hydroxylation sites is 1. The maximum atomic E-state index is 14.1. The number of hydrogen-bond donors (Lipinski definition) is 1. The lowest BCUT2D eigenvalue weighted by Crippen LogP contribution is -2.53. The van der Waals surface area contributed by atoms with Crippen LogP contribution >= 0.6 is 0 Å². The van der Waals surface area contributed by atoms with Crippen molar-refractivity contribution in [1.29, 1.82) is 0 Å². The van der Waals surface area contributed by atoms with E-state index in [1.807, 2.05) is 37.4 Å². The maximum absolute atomic E-state index is 14.1. The highest BCUT2D eigenvalue weighted by atomic mass is 19.3. The van der Waals surface area contributed by atoms with Gasteiger partial charge in [-0.2, -0.15) is 8.78 Å². The van der Waals surface area contributed by atoms with Crippen LogP contribution in [-0.4, -0.2) is 77.3 Å². The number of carbonyl (C=O) groups excluding carboxylic acids is 2. The highest BCUT2D eigenvalue weighted by Crippen LogP contribution is 2.41. The van der Waals surface area contributed by atoms with Crippen LogP contribution in [0, 0.1) is 0 Å². The Balaban J connectivity index is 1.23. The van der Waals surface area contributed by atoms with Gasteiger partial charge in [0.15, 0.2) is 0 Å². The average Bonchev–Trinajstić information content (AvgIpc) is 3.39. The number of likely N-dealkylation sites (N-methyl/N-ethyl adjacent to an activating group) is 1. The largest absolute Gasteiger partial charge is 0.435 e. The van der Waals surface area contributed by atoms with Crippen molar-refractivity contribution in [1.82, 2.24) is 19.7 Å². The molecule has 2 aliphatic rings. The van der Waals surface area contributed by atoms with Gasteiger partial charge in [-0.3, -0.25) is 14.6 Å². The van der Waals surface area contributed by atoms with E-state index >= 15 is 0 Å². The number of piperidine rings is 1. The third kappa shape index (κ3) is 6.19. The number of carbonyl (C=O) groups is 2. The molecule has 6 rings (SSSR count). The average molecular weight is 587 g/mol. The Morgan fingerprint density at radius 1 is 1.02 bits per heavy atom. The van der Waals surface area contributed by atoms with Crippen LogP contribution < -0.4 is 4.74 Å². The number of rotatable bonds is 9. The molecule has 0 aliphatic carbocycles. The van der Waals surface area contributed by atoms with Gasteiger partial charge in [-0.25, -0.2) is 0 Å². The first-order chi connectivity index (χ1) is 20.9. The summed E-state index contributed by atoms with van der Waals surface area (Å²) in [6, 6.07) is 23.7. The Morgan fingerprint density at radius 3 is 2.42 bits per heavy atom. The van der Waals surface area contributed by atoms with E-state index in [1.54, 1.807) is 17.0 Å². The monoisotopic (exact) mass is 586 g/mol. The van der Waals surface area contributed by atoms with Gasteiger partial charge in [0.2, 0.25) is 5.91 Å². The molecule has 0 spiro atoms. The molecule has 4 aromatic rings. The van der Waals surface area contributed by atoms with Crippen molar-refractivity contribution < 1.29 is 23.1 Å². The lowest BCUT2D eigenvalue weighted by Gasteiger charge is -2.42. The first kappa shape index (κ1) is 29.0. The first-order valence-corrected chi connectivity index (χ1v) is 14.8. The number of amides is 1. The number of hydrogen-bond acceptors (Lipinski definition) is 5. The van der Waals surface area contributed by atoms with Crippen LogP contribution in [0.25, 0.3) is 10.9 Å².